The van der Waals surface area contributed by atoms with Crippen molar-refractivity contribution in [1.82, 2.24) is 4.98 Å². The minimum absolute atomic E-state index is 0.305. The van der Waals surface area contributed by atoms with Gasteiger partial charge in [0.1, 0.15) is 15.5 Å². The van der Waals surface area contributed by atoms with Crippen LogP contribution in [0.5, 0.6) is 5.75 Å². The van der Waals surface area contributed by atoms with Gasteiger partial charge in [0.05, 0.1) is 12.6 Å². The van der Waals surface area contributed by atoms with Crippen LogP contribution in [-0.4, -0.2) is 23.2 Å². The SMILES string of the molecule is COc1ccc2cc3cc(C(=O)O)sc3nc2c1. The zero-order valence-electron chi connectivity index (χ0n) is 9.51. The number of thiophene rings is 1. The largest absolute Gasteiger partial charge is 0.497 e. The molecule has 0 spiro atoms. The maximum atomic E-state index is 10.9. The first-order valence-corrected chi connectivity index (χ1v) is 6.10. The predicted molar refractivity (Wildman–Crippen MR) is 70.6 cm³/mol. The number of benzene rings is 1. The Hall–Kier alpha value is -2.14. The molecule has 1 N–H and O–H groups in total. The van der Waals surface area contributed by atoms with Crippen LogP contribution in [0.1, 0.15) is 9.67 Å². The summed E-state index contributed by atoms with van der Waals surface area (Å²) in [5, 5.41) is 10.8. The number of carboxylic acids is 1. The summed E-state index contributed by atoms with van der Waals surface area (Å²) < 4.78 is 5.15. The number of methoxy groups -OCH3 is 1. The second-order valence-corrected chi connectivity index (χ2v) is 4.89. The smallest absolute Gasteiger partial charge is 0.345 e. The van der Waals surface area contributed by atoms with Crippen molar-refractivity contribution in [2.75, 3.05) is 7.11 Å². The maximum Gasteiger partial charge on any atom is 0.345 e. The first-order valence-electron chi connectivity index (χ1n) is 5.29. The number of nitrogens with zero attached hydrogens (tertiary/aromatic N) is 1. The molecule has 3 aromatic rings. The summed E-state index contributed by atoms with van der Waals surface area (Å²) in [5.41, 5.74) is 0.806. The normalized spacial score (nSPS) is 10.9. The molecule has 0 fully saturated rings. The van der Waals surface area contributed by atoms with Crippen molar-refractivity contribution in [3.05, 3.63) is 35.2 Å². The summed E-state index contributed by atoms with van der Waals surface area (Å²) in [7, 11) is 1.60. The number of hydrogen-bond acceptors (Lipinski definition) is 4. The fourth-order valence-corrected chi connectivity index (χ4v) is 2.70. The molecular formula is C13H9NO3S. The Balaban J connectivity index is 2.29. The molecule has 3 rings (SSSR count). The third-order valence-corrected chi connectivity index (χ3v) is 3.75. The molecule has 18 heavy (non-hydrogen) atoms. The third kappa shape index (κ3) is 1.69. The van der Waals surface area contributed by atoms with Crippen LogP contribution in [0.25, 0.3) is 21.1 Å². The molecule has 0 unspecified atom stereocenters. The van der Waals surface area contributed by atoms with Gasteiger partial charge >= 0.3 is 5.97 Å². The summed E-state index contributed by atoms with van der Waals surface area (Å²) in [6.45, 7) is 0. The average Bonchev–Trinajstić information content (AvgIpc) is 2.78. The highest BCUT2D eigenvalue weighted by atomic mass is 32.1. The van der Waals surface area contributed by atoms with Crippen molar-refractivity contribution < 1.29 is 14.6 Å². The molecule has 90 valence electrons. The second kappa shape index (κ2) is 3.96. The van der Waals surface area contributed by atoms with E-state index in [4.69, 9.17) is 9.84 Å². The lowest BCUT2D eigenvalue weighted by atomic mass is 10.2. The zero-order valence-corrected chi connectivity index (χ0v) is 10.3. The number of pyridine rings is 1. The summed E-state index contributed by atoms with van der Waals surface area (Å²) >= 11 is 1.18. The second-order valence-electron chi connectivity index (χ2n) is 3.86. The highest BCUT2D eigenvalue weighted by molar-refractivity contribution is 7.20. The van der Waals surface area contributed by atoms with Gasteiger partial charge in [-0.3, -0.25) is 0 Å². The summed E-state index contributed by atoms with van der Waals surface area (Å²) in [5.74, 6) is -0.177. The van der Waals surface area contributed by atoms with E-state index in [2.05, 4.69) is 4.98 Å². The standard InChI is InChI=1S/C13H9NO3S/c1-17-9-3-2-7-4-8-5-11(13(15)16)18-12(8)14-10(7)6-9/h2-6H,1H3,(H,15,16). The molecule has 0 saturated heterocycles. The molecule has 0 atom stereocenters. The minimum atomic E-state index is -0.917. The van der Waals surface area contributed by atoms with Gasteiger partial charge in [0.2, 0.25) is 0 Å². The summed E-state index contributed by atoms with van der Waals surface area (Å²) in [6, 6.07) is 9.22. The zero-order chi connectivity index (χ0) is 12.7. The van der Waals surface area contributed by atoms with E-state index in [1.807, 2.05) is 24.3 Å². The van der Waals surface area contributed by atoms with Crippen molar-refractivity contribution >= 4 is 38.4 Å². The number of hydrogen-bond donors (Lipinski definition) is 1. The Morgan fingerprint density at radius 2 is 2.11 bits per heavy atom. The molecule has 0 aliphatic rings. The number of ether oxygens (including phenoxy) is 1. The number of rotatable bonds is 2. The van der Waals surface area contributed by atoms with E-state index in [9.17, 15) is 4.79 Å². The molecule has 1 aromatic carbocycles. The Labute approximate surface area is 106 Å². The Morgan fingerprint density at radius 3 is 2.83 bits per heavy atom. The molecule has 0 radical (unpaired) electrons. The lowest BCUT2D eigenvalue weighted by Crippen LogP contribution is -1.89. The van der Waals surface area contributed by atoms with Gasteiger partial charge in [-0.15, -0.1) is 11.3 Å². The number of aromatic carboxylic acids is 1. The molecular weight excluding hydrogens is 250 g/mol. The third-order valence-electron chi connectivity index (χ3n) is 2.72. The van der Waals surface area contributed by atoms with Crippen LogP contribution in [-0.2, 0) is 0 Å². The van der Waals surface area contributed by atoms with Crippen LogP contribution in [0.2, 0.25) is 0 Å². The van der Waals surface area contributed by atoms with Gasteiger partial charge in [-0.25, -0.2) is 9.78 Å². The highest BCUT2D eigenvalue weighted by Crippen LogP contribution is 2.28. The van der Waals surface area contributed by atoms with Crippen LogP contribution >= 0.6 is 11.3 Å². The fraction of sp³-hybridized carbons (Fsp3) is 0.0769. The Kier molecular flexibility index (Phi) is 2.41. The van der Waals surface area contributed by atoms with E-state index in [0.717, 1.165) is 26.9 Å². The molecule has 0 saturated carbocycles. The van der Waals surface area contributed by atoms with Gasteiger partial charge in [-0.1, -0.05) is 0 Å². The number of aromatic nitrogens is 1. The van der Waals surface area contributed by atoms with E-state index in [-0.39, 0.29) is 0 Å². The van der Waals surface area contributed by atoms with Crippen molar-refractivity contribution in [3.8, 4) is 5.75 Å². The summed E-state index contributed by atoms with van der Waals surface area (Å²) in [6.07, 6.45) is 0. The van der Waals surface area contributed by atoms with E-state index in [0.29, 0.717) is 4.88 Å². The number of fused-ring (bicyclic) bond motifs is 2. The predicted octanol–water partition coefficient (Wildman–Crippen LogP) is 3.16. The lowest BCUT2D eigenvalue weighted by molar-refractivity contribution is 0.0702. The lowest BCUT2D eigenvalue weighted by Gasteiger charge is -2.01. The molecule has 0 aliphatic carbocycles. The topological polar surface area (TPSA) is 59.4 Å². The molecule has 2 heterocycles. The van der Waals surface area contributed by atoms with Crippen molar-refractivity contribution in [1.29, 1.82) is 0 Å². The molecule has 5 heteroatoms. The average molecular weight is 259 g/mol. The van der Waals surface area contributed by atoms with Crippen molar-refractivity contribution in [2.24, 2.45) is 0 Å². The van der Waals surface area contributed by atoms with Crippen LogP contribution in [0, 0.1) is 0 Å². The first-order chi connectivity index (χ1) is 8.67. The van der Waals surface area contributed by atoms with Gasteiger partial charge < -0.3 is 9.84 Å². The minimum Gasteiger partial charge on any atom is -0.497 e. The maximum absolute atomic E-state index is 10.9. The monoisotopic (exact) mass is 259 g/mol. The Morgan fingerprint density at radius 1 is 1.28 bits per heavy atom. The van der Waals surface area contributed by atoms with Crippen LogP contribution < -0.4 is 4.74 Å². The molecule has 0 aliphatic heterocycles. The van der Waals surface area contributed by atoms with E-state index < -0.39 is 5.97 Å². The molecule has 2 aromatic heterocycles. The summed E-state index contributed by atoms with van der Waals surface area (Å²) in [4.78, 5) is 16.4. The van der Waals surface area contributed by atoms with E-state index >= 15 is 0 Å². The quantitative estimate of drug-likeness (QED) is 0.768. The Bertz CT molecular complexity index is 763. The van der Waals surface area contributed by atoms with Crippen LogP contribution in [0.15, 0.2) is 30.3 Å². The van der Waals surface area contributed by atoms with Gasteiger partial charge in [-0.2, -0.15) is 0 Å². The van der Waals surface area contributed by atoms with Gasteiger partial charge in [0.15, 0.2) is 0 Å². The molecule has 0 bridgehead atoms. The van der Waals surface area contributed by atoms with E-state index in [1.165, 1.54) is 11.3 Å². The van der Waals surface area contributed by atoms with Crippen molar-refractivity contribution in [2.45, 2.75) is 0 Å². The van der Waals surface area contributed by atoms with Crippen LogP contribution in [0.3, 0.4) is 0 Å². The van der Waals surface area contributed by atoms with E-state index in [1.54, 1.807) is 13.2 Å². The fourth-order valence-electron chi connectivity index (χ4n) is 1.84. The number of carboxylic acid groups (broad SMARTS) is 1. The van der Waals surface area contributed by atoms with Gasteiger partial charge in [0, 0.05) is 16.8 Å². The van der Waals surface area contributed by atoms with Gasteiger partial charge in [-0.05, 0) is 24.3 Å². The molecule has 0 amide bonds. The first kappa shape index (κ1) is 11.0. The van der Waals surface area contributed by atoms with Crippen LogP contribution in [0.4, 0.5) is 0 Å². The highest BCUT2D eigenvalue weighted by Gasteiger charge is 2.10. The van der Waals surface area contributed by atoms with Crippen molar-refractivity contribution in [3.63, 3.8) is 0 Å². The van der Waals surface area contributed by atoms with Gasteiger partial charge in [0.25, 0.3) is 0 Å². The number of carbonyl (C=O) groups is 1. The molecule has 4 nitrogen and oxygen atoms in total.